The summed E-state index contributed by atoms with van der Waals surface area (Å²) in [6, 6.07) is 0. The zero-order valence-electron chi connectivity index (χ0n) is 12.2. The van der Waals surface area contributed by atoms with Gasteiger partial charge in [-0.05, 0) is 12.8 Å². The summed E-state index contributed by atoms with van der Waals surface area (Å²) in [5, 5.41) is 6.12. The van der Waals surface area contributed by atoms with Crippen molar-refractivity contribution in [2.75, 3.05) is 33.2 Å². The van der Waals surface area contributed by atoms with E-state index in [0.29, 0.717) is 6.17 Å². The Kier molecular flexibility index (Phi) is 8.17. The maximum Gasteiger partial charge on any atom is 0.216 e. The first-order valence-corrected chi connectivity index (χ1v) is 6.78. The van der Waals surface area contributed by atoms with Crippen LogP contribution in [0.25, 0.3) is 0 Å². The zero-order valence-corrected chi connectivity index (χ0v) is 12.2. The van der Waals surface area contributed by atoms with E-state index in [1.54, 1.807) is 0 Å². The van der Waals surface area contributed by atoms with Crippen molar-refractivity contribution in [2.45, 2.75) is 46.7 Å². The number of nitrogens with zero attached hydrogens (tertiary/aromatic N) is 1. The quantitative estimate of drug-likeness (QED) is 0.733. The molecule has 1 fully saturated rings. The SMILES string of the molecule is CCCNC(C)=O.CCC[N+]1(C)CCNC1C. The summed E-state index contributed by atoms with van der Waals surface area (Å²) in [4.78, 5) is 10.1. The highest BCUT2D eigenvalue weighted by molar-refractivity contribution is 5.72. The van der Waals surface area contributed by atoms with Crippen molar-refractivity contribution in [3.63, 3.8) is 0 Å². The first kappa shape index (κ1) is 16.4. The minimum atomic E-state index is 0.0573. The Bertz CT molecular complexity index is 221. The topological polar surface area (TPSA) is 41.1 Å². The smallest absolute Gasteiger partial charge is 0.216 e. The Morgan fingerprint density at radius 3 is 2.35 bits per heavy atom. The van der Waals surface area contributed by atoms with E-state index in [1.165, 1.54) is 37.5 Å². The standard InChI is InChI=1S/C8H19N2.C5H11NO/c1-4-6-10(3)7-5-9-8(10)2;1-3-4-6-5(2)7/h8-9H,4-7H2,1-3H3;3-4H2,1-2H3,(H,6,7)/q+1;. The van der Waals surface area contributed by atoms with E-state index in [4.69, 9.17) is 0 Å². The Labute approximate surface area is 106 Å². The fourth-order valence-corrected chi connectivity index (χ4v) is 2.06. The van der Waals surface area contributed by atoms with Crippen LogP contribution in [0.15, 0.2) is 0 Å². The van der Waals surface area contributed by atoms with Crippen LogP contribution in [0.3, 0.4) is 0 Å². The third-order valence-electron chi connectivity index (χ3n) is 3.36. The second kappa shape index (κ2) is 8.48. The molecule has 4 heteroatoms. The number of hydrogen-bond acceptors (Lipinski definition) is 2. The molecule has 2 unspecified atom stereocenters. The van der Waals surface area contributed by atoms with Crippen LogP contribution in [0.2, 0.25) is 0 Å². The molecule has 0 bridgehead atoms. The van der Waals surface area contributed by atoms with Crippen LogP contribution in [0.4, 0.5) is 0 Å². The lowest BCUT2D eigenvalue weighted by Crippen LogP contribution is -2.49. The third-order valence-corrected chi connectivity index (χ3v) is 3.36. The summed E-state index contributed by atoms with van der Waals surface area (Å²) in [6.45, 7) is 12.7. The lowest BCUT2D eigenvalue weighted by Gasteiger charge is -2.33. The minimum Gasteiger partial charge on any atom is -0.356 e. The summed E-state index contributed by atoms with van der Waals surface area (Å²) in [5.41, 5.74) is 0. The average molecular weight is 244 g/mol. The Hall–Kier alpha value is -0.610. The van der Waals surface area contributed by atoms with Crippen LogP contribution >= 0.6 is 0 Å². The van der Waals surface area contributed by atoms with E-state index in [1.807, 2.05) is 6.92 Å². The zero-order chi connectivity index (χ0) is 13.3. The van der Waals surface area contributed by atoms with Crippen LogP contribution in [0.1, 0.15) is 40.5 Å². The first-order valence-electron chi connectivity index (χ1n) is 6.78. The monoisotopic (exact) mass is 244 g/mol. The number of quaternary nitrogens is 1. The molecule has 1 rings (SSSR count). The highest BCUT2D eigenvalue weighted by atomic mass is 16.1. The van der Waals surface area contributed by atoms with Gasteiger partial charge in [-0.15, -0.1) is 0 Å². The summed E-state index contributed by atoms with van der Waals surface area (Å²) in [5.74, 6) is 0.0573. The highest BCUT2D eigenvalue weighted by Gasteiger charge is 2.32. The van der Waals surface area contributed by atoms with Gasteiger partial charge in [0.05, 0.1) is 26.7 Å². The highest BCUT2D eigenvalue weighted by Crippen LogP contribution is 2.13. The van der Waals surface area contributed by atoms with Crippen molar-refractivity contribution in [2.24, 2.45) is 0 Å². The van der Waals surface area contributed by atoms with E-state index in [0.717, 1.165) is 13.0 Å². The van der Waals surface area contributed by atoms with E-state index < -0.39 is 0 Å². The molecule has 0 spiro atoms. The molecule has 2 N–H and O–H groups in total. The van der Waals surface area contributed by atoms with Crippen molar-refractivity contribution in [3.05, 3.63) is 0 Å². The number of hydrogen-bond donors (Lipinski definition) is 2. The summed E-state index contributed by atoms with van der Waals surface area (Å²) < 4.78 is 1.22. The molecule has 4 nitrogen and oxygen atoms in total. The molecule has 17 heavy (non-hydrogen) atoms. The van der Waals surface area contributed by atoms with Crippen molar-refractivity contribution in [1.29, 1.82) is 0 Å². The van der Waals surface area contributed by atoms with Crippen LogP contribution < -0.4 is 10.6 Å². The number of amides is 1. The minimum absolute atomic E-state index is 0.0573. The molecule has 102 valence electrons. The molecule has 1 aliphatic rings. The fraction of sp³-hybridized carbons (Fsp3) is 0.923. The van der Waals surface area contributed by atoms with Crippen LogP contribution in [0.5, 0.6) is 0 Å². The molecule has 0 aliphatic carbocycles. The van der Waals surface area contributed by atoms with Gasteiger partial charge in [0.1, 0.15) is 6.17 Å². The molecule has 0 aromatic heterocycles. The number of rotatable bonds is 4. The predicted molar refractivity (Wildman–Crippen MR) is 72.6 cm³/mol. The number of likely N-dealkylation sites (N-methyl/N-ethyl adjacent to an activating group) is 1. The molecule has 1 saturated heterocycles. The molecular weight excluding hydrogens is 214 g/mol. The van der Waals surface area contributed by atoms with Gasteiger partial charge >= 0.3 is 0 Å². The number of nitrogens with one attached hydrogen (secondary N) is 2. The van der Waals surface area contributed by atoms with E-state index >= 15 is 0 Å². The fourth-order valence-electron chi connectivity index (χ4n) is 2.06. The largest absolute Gasteiger partial charge is 0.356 e. The van der Waals surface area contributed by atoms with Gasteiger partial charge in [-0.2, -0.15) is 0 Å². The van der Waals surface area contributed by atoms with E-state index in [9.17, 15) is 4.79 Å². The van der Waals surface area contributed by atoms with E-state index in [2.05, 4.69) is 31.5 Å². The van der Waals surface area contributed by atoms with Crippen molar-refractivity contribution < 1.29 is 9.28 Å². The molecule has 0 aromatic carbocycles. The van der Waals surface area contributed by atoms with E-state index in [-0.39, 0.29) is 5.91 Å². The molecule has 1 heterocycles. The Morgan fingerprint density at radius 1 is 1.41 bits per heavy atom. The Morgan fingerprint density at radius 2 is 2.06 bits per heavy atom. The van der Waals surface area contributed by atoms with Gasteiger partial charge in [0.2, 0.25) is 5.91 Å². The lowest BCUT2D eigenvalue weighted by atomic mass is 10.3. The molecule has 1 aliphatic heterocycles. The van der Waals surface area contributed by atoms with Crippen LogP contribution in [-0.2, 0) is 4.79 Å². The molecule has 2 atom stereocenters. The first-order chi connectivity index (χ1) is 7.96. The number of carbonyl (C=O) groups is 1. The third kappa shape index (κ3) is 6.64. The van der Waals surface area contributed by atoms with Crippen molar-refractivity contribution >= 4 is 5.91 Å². The Balaban J connectivity index is 0.000000325. The average Bonchev–Trinajstić information content (AvgIpc) is 2.58. The van der Waals surface area contributed by atoms with Gasteiger partial charge in [-0.25, -0.2) is 0 Å². The normalized spacial score (nSPS) is 27.2. The van der Waals surface area contributed by atoms with Crippen LogP contribution in [-0.4, -0.2) is 49.8 Å². The van der Waals surface area contributed by atoms with Crippen molar-refractivity contribution in [1.82, 2.24) is 10.6 Å². The van der Waals surface area contributed by atoms with Crippen molar-refractivity contribution in [3.8, 4) is 0 Å². The summed E-state index contributed by atoms with van der Waals surface area (Å²) in [7, 11) is 2.34. The maximum absolute atomic E-state index is 10.1. The van der Waals surface area contributed by atoms with Gasteiger partial charge in [0.25, 0.3) is 0 Å². The molecule has 0 saturated carbocycles. The maximum atomic E-state index is 10.1. The van der Waals surface area contributed by atoms with Gasteiger partial charge in [0, 0.05) is 20.4 Å². The van der Waals surface area contributed by atoms with Gasteiger partial charge < -0.3 is 9.80 Å². The molecule has 1 amide bonds. The van der Waals surface area contributed by atoms with Crippen LogP contribution in [0, 0.1) is 0 Å². The number of carbonyl (C=O) groups excluding carboxylic acids is 1. The second-order valence-corrected chi connectivity index (χ2v) is 5.04. The second-order valence-electron chi connectivity index (χ2n) is 5.04. The summed E-state index contributed by atoms with van der Waals surface area (Å²) >= 11 is 0. The van der Waals surface area contributed by atoms with Gasteiger partial charge in [-0.1, -0.05) is 13.8 Å². The van der Waals surface area contributed by atoms with Gasteiger partial charge in [-0.3, -0.25) is 10.1 Å². The summed E-state index contributed by atoms with van der Waals surface area (Å²) in [6.07, 6.45) is 2.97. The predicted octanol–water partition coefficient (Wildman–Crippen LogP) is 1.32. The molecule has 0 aromatic rings. The molecular formula is C13H30N3O+. The van der Waals surface area contributed by atoms with Gasteiger partial charge in [0.15, 0.2) is 0 Å². The molecule has 0 radical (unpaired) electrons. The lowest BCUT2D eigenvalue weighted by molar-refractivity contribution is -0.920.